The summed E-state index contributed by atoms with van der Waals surface area (Å²) >= 11 is 0. The van der Waals surface area contributed by atoms with Crippen molar-refractivity contribution in [2.45, 2.75) is 114 Å². The lowest BCUT2D eigenvalue weighted by Crippen LogP contribution is -2.74. The number of allylic oxidation sites excluding steroid dienone is 9. The molecule has 5 heteroatoms. The molecule has 2 aliphatic rings. The summed E-state index contributed by atoms with van der Waals surface area (Å²) in [6.07, 6.45) is 11.7. The van der Waals surface area contributed by atoms with Crippen molar-refractivity contribution in [3.05, 3.63) is 58.4 Å². The molecule has 0 aromatic carbocycles. The zero-order valence-corrected chi connectivity index (χ0v) is 26.7. The maximum absolute atomic E-state index is 14.4. The molecule has 1 N–H and O–H groups in total. The second kappa shape index (κ2) is 13.0. The van der Waals surface area contributed by atoms with Crippen LogP contribution in [0.3, 0.4) is 0 Å². The fourth-order valence-electron chi connectivity index (χ4n) is 6.49. The highest BCUT2D eigenvalue weighted by Gasteiger charge is 2.75. The van der Waals surface area contributed by atoms with E-state index in [0.717, 1.165) is 16.7 Å². The molecule has 1 saturated heterocycles. The first-order valence-electron chi connectivity index (χ1n) is 14.7. The fraction of sp³-hybridized carbons (Fsp3) is 0.629. The summed E-state index contributed by atoms with van der Waals surface area (Å²) in [4.78, 5) is 42.9. The molecule has 2 rings (SSSR count). The van der Waals surface area contributed by atoms with Gasteiger partial charge in [0.15, 0.2) is 11.4 Å². The summed E-state index contributed by atoms with van der Waals surface area (Å²) in [5, 5.41) is 13.0. The molecule has 5 atom stereocenters. The van der Waals surface area contributed by atoms with Gasteiger partial charge in [-0.2, -0.15) is 0 Å². The third kappa shape index (κ3) is 6.51. The molecule has 2 fully saturated rings. The van der Waals surface area contributed by atoms with Crippen LogP contribution in [-0.4, -0.2) is 28.2 Å². The quantitative estimate of drug-likeness (QED) is 0.169. The molecule has 1 aliphatic heterocycles. The monoisotopic (exact) mass is 552 g/mol. The predicted molar refractivity (Wildman–Crippen MR) is 162 cm³/mol. The Morgan fingerprint density at radius 1 is 0.950 bits per heavy atom. The first kappa shape index (κ1) is 33.7. The summed E-state index contributed by atoms with van der Waals surface area (Å²) in [5.41, 5.74) is -0.353. The van der Waals surface area contributed by atoms with Crippen molar-refractivity contribution in [1.82, 2.24) is 0 Å². The summed E-state index contributed by atoms with van der Waals surface area (Å²) in [6, 6.07) is 0. The third-order valence-electron chi connectivity index (χ3n) is 8.82. The Hall–Kier alpha value is -2.53. The molecular weight excluding hydrogens is 500 g/mol. The molecule has 0 radical (unpaired) electrons. The first-order chi connectivity index (χ1) is 18.4. The van der Waals surface area contributed by atoms with E-state index >= 15 is 0 Å². The van der Waals surface area contributed by atoms with Gasteiger partial charge in [-0.3, -0.25) is 14.4 Å². The molecule has 40 heavy (non-hydrogen) atoms. The Bertz CT molecular complexity index is 1150. The van der Waals surface area contributed by atoms with Crippen molar-refractivity contribution in [3.8, 4) is 0 Å². The van der Waals surface area contributed by atoms with Gasteiger partial charge in [0.1, 0.15) is 11.2 Å². The van der Waals surface area contributed by atoms with Crippen LogP contribution in [0.25, 0.3) is 0 Å². The van der Waals surface area contributed by atoms with E-state index in [4.69, 9.17) is 4.74 Å². The molecule has 0 spiro atoms. The second-order valence-corrected chi connectivity index (χ2v) is 13.6. The first-order valence-corrected chi connectivity index (χ1v) is 14.7. The standard InChI is InChI=1S/C35H52O5/c1-22(2)13-12-19-33(11)27(16-14-23(3)4)21-34(20-18-25(7)8)32(38)40-28(17-15-24(5)6)31(37)35(34,39)30(33)29(36)26(9)10/h13-15,17-18,26-27,30,39H,12,16,19-21H2,1-11H3/b28-17+/t27-,30+,33+,34+,35+/m0/s1. The zero-order valence-electron chi connectivity index (χ0n) is 26.7. The van der Waals surface area contributed by atoms with E-state index in [0.29, 0.717) is 19.3 Å². The van der Waals surface area contributed by atoms with E-state index < -0.39 is 40.0 Å². The van der Waals surface area contributed by atoms with Crippen molar-refractivity contribution in [2.24, 2.45) is 28.6 Å². The van der Waals surface area contributed by atoms with E-state index in [1.165, 1.54) is 11.6 Å². The van der Waals surface area contributed by atoms with E-state index in [1.807, 2.05) is 75.3 Å². The average Bonchev–Trinajstić information content (AvgIpc) is 2.83. The SMILES string of the molecule is CC(C)=C/C=C1/OC(=O)[C@@]2(CC=C(C)C)C[C@H](CC=C(C)C)[C@@](C)(CCC=C(C)C)[C@@H](C(=O)C(C)C)[C@@]2(O)C1=O. The Balaban J connectivity index is 3.01. The molecule has 0 aromatic heterocycles. The lowest BCUT2D eigenvalue weighted by Gasteiger charge is -2.62. The summed E-state index contributed by atoms with van der Waals surface area (Å²) < 4.78 is 5.77. The van der Waals surface area contributed by atoms with Gasteiger partial charge < -0.3 is 9.84 Å². The largest absolute Gasteiger partial charge is 0.422 e. The van der Waals surface area contributed by atoms with Gasteiger partial charge in [-0.25, -0.2) is 0 Å². The molecular formula is C35H52O5. The Morgan fingerprint density at radius 3 is 2.02 bits per heavy atom. The lowest BCUT2D eigenvalue weighted by atomic mass is 9.41. The number of carbonyl (C=O) groups is 3. The number of fused-ring (bicyclic) bond motifs is 1. The minimum Gasteiger partial charge on any atom is -0.422 e. The lowest BCUT2D eigenvalue weighted by molar-refractivity contribution is -0.232. The summed E-state index contributed by atoms with van der Waals surface area (Å²) in [5.74, 6) is -3.31. The van der Waals surface area contributed by atoms with Crippen molar-refractivity contribution in [2.75, 3.05) is 0 Å². The number of Topliss-reactive ketones (excluding diaryl/α,β-unsaturated/α-hetero) is 2. The summed E-state index contributed by atoms with van der Waals surface area (Å²) in [6.45, 7) is 21.4. The van der Waals surface area contributed by atoms with Crippen molar-refractivity contribution < 1.29 is 24.2 Å². The van der Waals surface area contributed by atoms with Crippen molar-refractivity contribution in [3.63, 3.8) is 0 Å². The van der Waals surface area contributed by atoms with Gasteiger partial charge in [-0.15, -0.1) is 0 Å². The van der Waals surface area contributed by atoms with Crippen LogP contribution >= 0.6 is 0 Å². The molecule has 0 aromatic rings. The van der Waals surface area contributed by atoms with Crippen molar-refractivity contribution >= 4 is 17.5 Å². The highest BCUT2D eigenvalue weighted by Crippen LogP contribution is 2.65. The Kier molecular flexibility index (Phi) is 10.9. The van der Waals surface area contributed by atoms with Gasteiger partial charge >= 0.3 is 5.97 Å². The maximum atomic E-state index is 14.4. The molecule has 0 unspecified atom stereocenters. The Labute approximate surface area is 242 Å². The van der Waals surface area contributed by atoms with Crippen LogP contribution in [0.1, 0.15) is 108 Å². The van der Waals surface area contributed by atoms with Gasteiger partial charge in [0, 0.05) is 5.92 Å². The minimum absolute atomic E-state index is 0.129. The molecule has 1 heterocycles. The van der Waals surface area contributed by atoms with E-state index in [2.05, 4.69) is 19.1 Å². The normalized spacial score (nSPS) is 30.8. The highest BCUT2D eigenvalue weighted by atomic mass is 16.5. The number of rotatable bonds is 10. The summed E-state index contributed by atoms with van der Waals surface area (Å²) in [7, 11) is 0. The smallest absolute Gasteiger partial charge is 0.321 e. The molecule has 5 nitrogen and oxygen atoms in total. The topological polar surface area (TPSA) is 80.7 Å². The number of esters is 1. The number of hydrogen-bond donors (Lipinski definition) is 1. The van der Waals surface area contributed by atoms with Gasteiger partial charge in [0.25, 0.3) is 0 Å². The molecule has 0 bridgehead atoms. The van der Waals surface area contributed by atoms with E-state index in [-0.39, 0.29) is 30.3 Å². The number of ketones is 2. The van der Waals surface area contributed by atoms with Gasteiger partial charge in [0.2, 0.25) is 5.78 Å². The van der Waals surface area contributed by atoms with Crippen LogP contribution in [0.15, 0.2) is 58.4 Å². The average molecular weight is 553 g/mol. The molecule has 1 saturated carbocycles. The van der Waals surface area contributed by atoms with Crippen LogP contribution in [0, 0.1) is 28.6 Å². The van der Waals surface area contributed by atoms with Crippen LogP contribution < -0.4 is 0 Å². The van der Waals surface area contributed by atoms with Crippen LogP contribution in [0.4, 0.5) is 0 Å². The number of ether oxygens (including phenoxy) is 1. The number of aliphatic hydroxyl groups is 1. The van der Waals surface area contributed by atoms with E-state index in [9.17, 15) is 19.5 Å². The molecule has 1 aliphatic carbocycles. The van der Waals surface area contributed by atoms with Crippen LogP contribution in [0.2, 0.25) is 0 Å². The number of carbonyl (C=O) groups excluding carboxylic acids is 3. The predicted octanol–water partition coefficient (Wildman–Crippen LogP) is 8.01. The molecule has 222 valence electrons. The van der Waals surface area contributed by atoms with Crippen LogP contribution in [0.5, 0.6) is 0 Å². The second-order valence-electron chi connectivity index (χ2n) is 13.6. The van der Waals surface area contributed by atoms with Crippen molar-refractivity contribution in [1.29, 1.82) is 0 Å². The van der Waals surface area contributed by atoms with Crippen LogP contribution in [-0.2, 0) is 19.1 Å². The highest BCUT2D eigenvalue weighted by molar-refractivity contribution is 6.12. The van der Waals surface area contributed by atoms with Gasteiger partial charge in [-0.05, 0) is 105 Å². The zero-order chi connectivity index (χ0) is 30.6. The minimum atomic E-state index is -2.24. The fourth-order valence-corrected chi connectivity index (χ4v) is 6.49. The Morgan fingerprint density at radius 2 is 1.52 bits per heavy atom. The number of hydrogen-bond acceptors (Lipinski definition) is 5. The van der Waals surface area contributed by atoms with E-state index in [1.54, 1.807) is 6.08 Å². The third-order valence-corrected chi connectivity index (χ3v) is 8.82. The van der Waals surface area contributed by atoms with Gasteiger partial charge in [0.05, 0.1) is 5.92 Å². The van der Waals surface area contributed by atoms with Gasteiger partial charge in [-0.1, -0.05) is 67.4 Å². The maximum Gasteiger partial charge on any atom is 0.321 e. The number of cyclic esters (lactones) is 1. The molecule has 0 amide bonds.